The molecule has 1 unspecified atom stereocenters. The first kappa shape index (κ1) is 14.7. The van der Waals surface area contributed by atoms with Gasteiger partial charge in [0.2, 0.25) is 0 Å². The molecule has 20 heavy (non-hydrogen) atoms. The summed E-state index contributed by atoms with van der Waals surface area (Å²) < 4.78 is 1.79. The Kier molecular flexibility index (Phi) is 4.51. The van der Waals surface area contributed by atoms with Crippen LogP contribution in [0.4, 0.5) is 0 Å². The smallest absolute Gasteiger partial charge is 0.271 e. The Morgan fingerprint density at radius 2 is 2.35 bits per heavy atom. The molecule has 2 aromatic heterocycles. The molecule has 0 fully saturated rings. The Hall–Kier alpha value is -1.73. The number of carbonyl (C=O) groups excluding carboxylic acids is 1. The van der Waals surface area contributed by atoms with Crippen LogP contribution in [0, 0.1) is 6.92 Å². The standard InChI is InChI=1S/C13H19N5OS/c1-8(10-6-15-18(3)9(10)2)16-13(19)11-7-20-12(17-11)4-5-14/h6-8H,4-5,14H2,1-3H3,(H,16,19). The fourth-order valence-electron chi connectivity index (χ4n) is 1.94. The topological polar surface area (TPSA) is 85.8 Å². The molecular weight excluding hydrogens is 274 g/mol. The molecule has 108 valence electrons. The lowest BCUT2D eigenvalue weighted by atomic mass is 10.1. The lowest BCUT2D eigenvalue weighted by molar-refractivity contribution is 0.0935. The first-order valence-corrected chi connectivity index (χ1v) is 7.34. The zero-order chi connectivity index (χ0) is 14.7. The van der Waals surface area contributed by atoms with Crippen molar-refractivity contribution in [3.05, 3.63) is 33.5 Å². The summed E-state index contributed by atoms with van der Waals surface area (Å²) in [6.45, 7) is 4.46. The minimum atomic E-state index is -0.166. The van der Waals surface area contributed by atoms with E-state index in [1.807, 2.05) is 20.9 Å². The number of nitrogens with two attached hydrogens (primary N) is 1. The minimum absolute atomic E-state index is 0.101. The third-order valence-electron chi connectivity index (χ3n) is 3.23. The van der Waals surface area contributed by atoms with Crippen molar-refractivity contribution < 1.29 is 4.79 Å². The summed E-state index contributed by atoms with van der Waals surface area (Å²) >= 11 is 1.46. The monoisotopic (exact) mass is 293 g/mol. The highest BCUT2D eigenvalue weighted by atomic mass is 32.1. The van der Waals surface area contributed by atoms with Crippen molar-refractivity contribution in [3.8, 4) is 0 Å². The highest BCUT2D eigenvalue weighted by molar-refractivity contribution is 7.09. The molecule has 2 aromatic rings. The Bertz CT molecular complexity index is 604. The lowest BCUT2D eigenvalue weighted by Gasteiger charge is -2.12. The molecule has 0 aromatic carbocycles. The maximum atomic E-state index is 12.1. The van der Waals surface area contributed by atoms with Gasteiger partial charge in [0.15, 0.2) is 0 Å². The van der Waals surface area contributed by atoms with Crippen LogP contribution < -0.4 is 11.1 Å². The first-order chi connectivity index (χ1) is 9.52. The fraction of sp³-hybridized carbons (Fsp3) is 0.462. The van der Waals surface area contributed by atoms with E-state index in [-0.39, 0.29) is 11.9 Å². The highest BCUT2D eigenvalue weighted by Crippen LogP contribution is 2.17. The predicted octanol–water partition coefficient (Wildman–Crippen LogP) is 1.18. The SMILES string of the molecule is Cc1c(C(C)NC(=O)c2csc(CCN)n2)cnn1C. The van der Waals surface area contributed by atoms with Crippen LogP contribution in [0.25, 0.3) is 0 Å². The van der Waals surface area contributed by atoms with E-state index in [0.29, 0.717) is 18.7 Å². The van der Waals surface area contributed by atoms with Gasteiger partial charge in [-0.2, -0.15) is 5.10 Å². The van der Waals surface area contributed by atoms with Crippen molar-refractivity contribution in [2.24, 2.45) is 12.8 Å². The molecule has 6 nitrogen and oxygen atoms in total. The zero-order valence-electron chi connectivity index (χ0n) is 11.9. The lowest BCUT2D eigenvalue weighted by Crippen LogP contribution is -2.27. The largest absolute Gasteiger partial charge is 0.344 e. The van der Waals surface area contributed by atoms with Gasteiger partial charge in [-0.1, -0.05) is 0 Å². The Balaban J connectivity index is 2.05. The molecule has 0 aliphatic rings. The first-order valence-electron chi connectivity index (χ1n) is 6.46. The summed E-state index contributed by atoms with van der Waals surface area (Å²) in [7, 11) is 1.88. The normalized spacial score (nSPS) is 12.4. The number of aryl methyl sites for hydroxylation is 1. The summed E-state index contributed by atoms with van der Waals surface area (Å²) in [6, 6.07) is -0.101. The van der Waals surface area contributed by atoms with Gasteiger partial charge in [-0.3, -0.25) is 9.48 Å². The number of carbonyl (C=O) groups is 1. The molecule has 0 saturated carbocycles. The number of nitrogens with zero attached hydrogens (tertiary/aromatic N) is 3. The van der Waals surface area contributed by atoms with Gasteiger partial charge >= 0.3 is 0 Å². The molecular formula is C13H19N5OS. The van der Waals surface area contributed by atoms with Gasteiger partial charge in [-0.05, 0) is 20.4 Å². The Labute approximate surface area is 122 Å². The molecule has 0 saturated heterocycles. The Morgan fingerprint density at radius 3 is 2.95 bits per heavy atom. The number of rotatable bonds is 5. The molecule has 2 heterocycles. The van der Waals surface area contributed by atoms with Crippen LogP contribution in [0.1, 0.15) is 39.7 Å². The molecule has 1 atom stereocenters. The Morgan fingerprint density at radius 1 is 1.60 bits per heavy atom. The second-order valence-corrected chi connectivity index (χ2v) is 5.61. The predicted molar refractivity (Wildman–Crippen MR) is 78.7 cm³/mol. The maximum absolute atomic E-state index is 12.1. The van der Waals surface area contributed by atoms with Gasteiger partial charge in [0, 0.05) is 30.1 Å². The third-order valence-corrected chi connectivity index (χ3v) is 4.14. The summed E-state index contributed by atoms with van der Waals surface area (Å²) in [5.74, 6) is -0.166. The van der Waals surface area contributed by atoms with Crippen molar-refractivity contribution in [3.63, 3.8) is 0 Å². The zero-order valence-corrected chi connectivity index (χ0v) is 12.7. The molecule has 0 bridgehead atoms. The van der Waals surface area contributed by atoms with Gasteiger partial charge in [0.05, 0.1) is 17.2 Å². The van der Waals surface area contributed by atoms with E-state index in [9.17, 15) is 4.79 Å². The van der Waals surface area contributed by atoms with Gasteiger partial charge in [-0.25, -0.2) is 4.98 Å². The van der Waals surface area contributed by atoms with Crippen molar-refractivity contribution >= 4 is 17.2 Å². The highest BCUT2D eigenvalue weighted by Gasteiger charge is 2.17. The van der Waals surface area contributed by atoms with E-state index in [1.165, 1.54) is 11.3 Å². The number of aromatic nitrogens is 3. The van der Waals surface area contributed by atoms with Crippen molar-refractivity contribution in [1.29, 1.82) is 0 Å². The molecule has 3 N–H and O–H groups in total. The minimum Gasteiger partial charge on any atom is -0.344 e. The molecule has 0 radical (unpaired) electrons. The second-order valence-electron chi connectivity index (χ2n) is 4.67. The summed E-state index contributed by atoms with van der Waals surface area (Å²) in [4.78, 5) is 16.4. The average Bonchev–Trinajstić information content (AvgIpc) is 2.99. The van der Waals surface area contributed by atoms with Gasteiger partial charge < -0.3 is 11.1 Å². The molecule has 0 aliphatic carbocycles. The van der Waals surface area contributed by atoms with Gasteiger partial charge in [0.1, 0.15) is 5.69 Å². The van der Waals surface area contributed by atoms with E-state index >= 15 is 0 Å². The van der Waals surface area contributed by atoms with E-state index in [1.54, 1.807) is 16.3 Å². The number of nitrogens with one attached hydrogen (secondary N) is 1. The van der Waals surface area contributed by atoms with Crippen LogP contribution in [0.3, 0.4) is 0 Å². The van der Waals surface area contributed by atoms with Crippen LogP contribution in [0.2, 0.25) is 0 Å². The van der Waals surface area contributed by atoms with Crippen molar-refractivity contribution in [2.45, 2.75) is 26.3 Å². The van der Waals surface area contributed by atoms with Gasteiger partial charge in [0.25, 0.3) is 5.91 Å². The molecule has 0 aliphatic heterocycles. The fourth-order valence-corrected chi connectivity index (χ4v) is 2.74. The molecule has 1 amide bonds. The molecule has 7 heteroatoms. The van der Waals surface area contributed by atoms with Crippen LogP contribution in [0.15, 0.2) is 11.6 Å². The third kappa shape index (κ3) is 3.05. The maximum Gasteiger partial charge on any atom is 0.271 e. The van der Waals surface area contributed by atoms with Crippen molar-refractivity contribution in [1.82, 2.24) is 20.1 Å². The summed E-state index contributed by atoms with van der Waals surface area (Å²) in [6.07, 6.45) is 2.48. The number of hydrogen-bond donors (Lipinski definition) is 2. The molecule has 0 spiro atoms. The van der Waals surface area contributed by atoms with Crippen LogP contribution in [-0.4, -0.2) is 27.2 Å². The molecule has 2 rings (SSSR count). The summed E-state index contributed by atoms with van der Waals surface area (Å²) in [5.41, 5.74) is 7.98. The van der Waals surface area contributed by atoms with E-state index in [4.69, 9.17) is 5.73 Å². The second kappa shape index (κ2) is 6.15. The average molecular weight is 293 g/mol. The van der Waals surface area contributed by atoms with Gasteiger partial charge in [-0.15, -0.1) is 11.3 Å². The van der Waals surface area contributed by atoms with Crippen molar-refractivity contribution in [2.75, 3.05) is 6.54 Å². The number of hydrogen-bond acceptors (Lipinski definition) is 5. The van der Waals surface area contributed by atoms with E-state index in [0.717, 1.165) is 16.3 Å². The van der Waals surface area contributed by atoms with E-state index in [2.05, 4.69) is 15.4 Å². The van der Waals surface area contributed by atoms with Crippen LogP contribution >= 0.6 is 11.3 Å². The number of amides is 1. The van der Waals surface area contributed by atoms with Crippen LogP contribution in [-0.2, 0) is 13.5 Å². The number of thiazole rings is 1. The van der Waals surface area contributed by atoms with Crippen LogP contribution in [0.5, 0.6) is 0 Å². The quantitative estimate of drug-likeness (QED) is 0.866. The van der Waals surface area contributed by atoms with E-state index < -0.39 is 0 Å². The summed E-state index contributed by atoms with van der Waals surface area (Å²) in [5, 5.41) is 9.78.